The van der Waals surface area contributed by atoms with Crippen molar-refractivity contribution < 1.29 is 17.9 Å². The van der Waals surface area contributed by atoms with Crippen molar-refractivity contribution in [1.82, 2.24) is 9.88 Å². The van der Waals surface area contributed by atoms with E-state index in [1.165, 1.54) is 23.5 Å². The molecule has 1 saturated heterocycles. The zero-order valence-electron chi connectivity index (χ0n) is 17.8. The lowest BCUT2D eigenvalue weighted by atomic mass is 10.2. The Morgan fingerprint density at radius 2 is 1.94 bits per heavy atom. The molecule has 0 saturated carbocycles. The number of rotatable bonds is 8. The number of nitrogens with two attached hydrogens (primary N) is 1. The fraction of sp³-hybridized carbons (Fsp3) is 0.318. The molecule has 0 unspecified atom stereocenters. The third-order valence-corrected chi connectivity index (χ3v) is 6.88. The maximum absolute atomic E-state index is 11.6. The number of primary sulfonamides is 1. The summed E-state index contributed by atoms with van der Waals surface area (Å²) in [5.74, 6) is 0.825. The van der Waals surface area contributed by atoms with E-state index >= 15 is 0 Å². The van der Waals surface area contributed by atoms with Crippen molar-refractivity contribution in [1.29, 1.82) is 0 Å². The highest BCUT2D eigenvalue weighted by Crippen LogP contribution is 2.30. The van der Waals surface area contributed by atoms with Crippen LogP contribution in [0.3, 0.4) is 0 Å². The number of hydrogen-bond donors (Lipinski definition) is 2. The van der Waals surface area contributed by atoms with E-state index in [1.54, 1.807) is 6.07 Å². The highest BCUT2D eigenvalue weighted by atomic mass is 32.2. The van der Waals surface area contributed by atoms with Crippen LogP contribution in [0, 0.1) is 6.92 Å². The number of nitrogens with zero attached hydrogens (tertiary/aromatic N) is 2. The van der Waals surface area contributed by atoms with E-state index in [0.29, 0.717) is 17.4 Å². The van der Waals surface area contributed by atoms with Crippen LogP contribution in [0.4, 0.5) is 10.8 Å². The molecule has 32 heavy (non-hydrogen) atoms. The number of nitrogens with one attached hydrogen (secondary N) is 1. The van der Waals surface area contributed by atoms with Crippen LogP contribution in [0.15, 0.2) is 52.7 Å². The molecule has 3 aromatic rings. The summed E-state index contributed by atoms with van der Waals surface area (Å²) in [6.07, 6.45) is 0. The highest BCUT2D eigenvalue weighted by Gasteiger charge is 2.12. The van der Waals surface area contributed by atoms with E-state index in [-0.39, 0.29) is 4.90 Å². The molecule has 0 aliphatic carbocycles. The van der Waals surface area contributed by atoms with Crippen molar-refractivity contribution in [3.8, 4) is 17.0 Å². The second kappa shape index (κ2) is 9.97. The van der Waals surface area contributed by atoms with Crippen LogP contribution in [0.1, 0.15) is 5.56 Å². The normalized spacial score (nSPS) is 14.9. The molecule has 0 bridgehead atoms. The second-order valence-electron chi connectivity index (χ2n) is 7.51. The third-order valence-electron chi connectivity index (χ3n) is 5.21. The van der Waals surface area contributed by atoms with Gasteiger partial charge in [-0.15, -0.1) is 11.3 Å². The number of benzene rings is 2. The van der Waals surface area contributed by atoms with E-state index in [1.807, 2.05) is 36.6 Å². The van der Waals surface area contributed by atoms with Crippen molar-refractivity contribution in [2.75, 3.05) is 44.8 Å². The lowest BCUT2D eigenvalue weighted by molar-refractivity contribution is 0.0322. The molecule has 0 amide bonds. The summed E-state index contributed by atoms with van der Waals surface area (Å²) < 4.78 is 34.5. The van der Waals surface area contributed by atoms with E-state index < -0.39 is 10.0 Å². The lowest BCUT2D eigenvalue weighted by Gasteiger charge is -2.26. The van der Waals surface area contributed by atoms with Crippen molar-refractivity contribution in [2.45, 2.75) is 11.8 Å². The van der Waals surface area contributed by atoms with Crippen LogP contribution in [0.25, 0.3) is 11.3 Å². The molecular weight excluding hydrogens is 448 g/mol. The topological polar surface area (TPSA) is 107 Å². The summed E-state index contributed by atoms with van der Waals surface area (Å²) in [4.78, 5) is 7.03. The van der Waals surface area contributed by atoms with E-state index in [2.05, 4.69) is 15.2 Å². The van der Waals surface area contributed by atoms with Gasteiger partial charge >= 0.3 is 0 Å². The largest absolute Gasteiger partial charge is 0.492 e. The van der Waals surface area contributed by atoms with Crippen molar-refractivity contribution >= 4 is 32.2 Å². The molecule has 8 nitrogen and oxygen atoms in total. The average Bonchev–Trinajstić information content (AvgIpc) is 3.24. The van der Waals surface area contributed by atoms with Gasteiger partial charge < -0.3 is 14.8 Å². The van der Waals surface area contributed by atoms with Gasteiger partial charge in [-0.3, -0.25) is 4.90 Å². The van der Waals surface area contributed by atoms with Crippen molar-refractivity contribution in [3.05, 3.63) is 53.4 Å². The number of anilines is 2. The molecule has 1 aliphatic rings. The first-order valence-electron chi connectivity index (χ1n) is 10.3. The van der Waals surface area contributed by atoms with Gasteiger partial charge in [0.1, 0.15) is 12.4 Å². The van der Waals surface area contributed by atoms with Gasteiger partial charge in [-0.25, -0.2) is 18.5 Å². The smallest absolute Gasteiger partial charge is 0.238 e. The fourth-order valence-electron chi connectivity index (χ4n) is 3.33. The van der Waals surface area contributed by atoms with Crippen LogP contribution >= 0.6 is 11.3 Å². The molecular formula is C22H26N4O4S2. The number of aromatic nitrogens is 1. The Morgan fingerprint density at radius 1 is 1.19 bits per heavy atom. The predicted molar refractivity (Wildman–Crippen MR) is 126 cm³/mol. The first kappa shape index (κ1) is 22.7. The number of sulfonamides is 1. The number of thiazole rings is 1. The molecule has 1 fully saturated rings. The third kappa shape index (κ3) is 5.84. The van der Waals surface area contributed by atoms with Gasteiger partial charge in [0.05, 0.1) is 23.8 Å². The van der Waals surface area contributed by atoms with Gasteiger partial charge in [0, 0.05) is 36.3 Å². The SMILES string of the molecule is Cc1ccc(S(N)(=O)=O)cc1Nc1nc(-c2ccc(OCCN3CCOCC3)cc2)cs1. The minimum absolute atomic E-state index is 0.0617. The molecule has 3 N–H and O–H groups in total. The number of ether oxygens (including phenoxy) is 2. The van der Waals surface area contributed by atoms with E-state index in [9.17, 15) is 8.42 Å². The van der Waals surface area contributed by atoms with Gasteiger partial charge in [0.15, 0.2) is 5.13 Å². The Bertz CT molecular complexity index is 1160. The monoisotopic (exact) mass is 474 g/mol. The van der Waals surface area contributed by atoms with E-state index in [4.69, 9.17) is 14.6 Å². The van der Waals surface area contributed by atoms with Crippen LogP contribution in [0.5, 0.6) is 5.75 Å². The second-order valence-corrected chi connectivity index (χ2v) is 9.93. The zero-order chi connectivity index (χ0) is 22.6. The zero-order valence-corrected chi connectivity index (χ0v) is 19.4. The summed E-state index contributed by atoms with van der Waals surface area (Å²) in [5.41, 5.74) is 3.36. The van der Waals surface area contributed by atoms with Crippen LogP contribution < -0.4 is 15.2 Å². The Morgan fingerprint density at radius 3 is 2.66 bits per heavy atom. The number of hydrogen-bond acceptors (Lipinski definition) is 8. The number of aryl methyl sites for hydroxylation is 1. The highest BCUT2D eigenvalue weighted by molar-refractivity contribution is 7.89. The molecule has 2 aromatic carbocycles. The minimum Gasteiger partial charge on any atom is -0.492 e. The standard InChI is InChI=1S/C22H26N4O4S2/c1-16-2-7-19(32(23,27)28)14-20(16)24-22-25-21(15-31-22)17-3-5-18(6-4-17)30-13-10-26-8-11-29-12-9-26/h2-7,14-15H,8-13H2,1H3,(H,24,25)(H2,23,27,28). The summed E-state index contributed by atoms with van der Waals surface area (Å²) in [7, 11) is -3.77. The maximum atomic E-state index is 11.6. The first-order chi connectivity index (χ1) is 15.4. The maximum Gasteiger partial charge on any atom is 0.238 e. The Balaban J connectivity index is 1.37. The molecule has 0 spiro atoms. The summed E-state index contributed by atoms with van der Waals surface area (Å²) >= 11 is 1.45. The average molecular weight is 475 g/mol. The fourth-order valence-corrected chi connectivity index (χ4v) is 4.60. The Labute approximate surface area is 192 Å². The molecule has 170 valence electrons. The molecule has 10 heteroatoms. The molecule has 0 atom stereocenters. The van der Waals surface area contributed by atoms with Crippen LogP contribution in [-0.4, -0.2) is 57.8 Å². The molecule has 0 radical (unpaired) electrons. The van der Waals surface area contributed by atoms with Gasteiger partial charge in [0.2, 0.25) is 10.0 Å². The minimum atomic E-state index is -3.77. The summed E-state index contributed by atoms with van der Waals surface area (Å²) in [5, 5.41) is 11.1. The molecule has 1 aliphatic heterocycles. The van der Waals surface area contributed by atoms with Gasteiger partial charge in [-0.05, 0) is 48.9 Å². The summed E-state index contributed by atoms with van der Waals surface area (Å²) in [6, 6.07) is 12.6. The predicted octanol–water partition coefficient (Wildman–Crippen LogP) is 3.22. The van der Waals surface area contributed by atoms with E-state index in [0.717, 1.165) is 55.4 Å². The van der Waals surface area contributed by atoms with Crippen LogP contribution in [-0.2, 0) is 14.8 Å². The Hall–Kier alpha value is -2.50. The quantitative estimate of drug-likeness (QED) is 0.516. The first-order valence-corrected chi connectivity index (χ1v) is 12.7. The molecule has 1 aromatic heterocycles. The molecule has 4 rings (SSSR count). The molecule has 2 heterocycles. The van der Waals surface area contributed by atoms with Gasteiger partial charge in [-0.2, -0.15) is 0 Å². The number of morpholine rings is 1. The van der Waals surface area contributed by atoms with Gasteiger partial charge in [0.25, 0.3) is 0 Å². The lowest BCUT2D eigenvalue weighted by Crippen LogP contribution is -2.38. The van der Waals surface area contributed by atoms with Gasteiger partial charge in [-0.1, -0.05) is 6.07 Å². The van der Waals surface area contributed by atoms with Crippen molar-refractivity contribution in [3.63, 3.8) is 0 Å². The summed E-state index contributed by atoms with van der Waals surface area (Å²) in [6.45, 7) is 6.90. The van der Waals surface area contributed by atoms with Crippen molar-refractivity contribution in [2.24, 2.45) is 5.14 Å². The Kier molecular flexibility index (Phi) is 7.07. The van der Waals surface area contributed by atoms with Crippen LogP contribution in [0.2, 0.25) is 0 Å².